The average Bonchev–Trinajstić information content (AvgIpc) is 3.04. The molecule has 1 aliphatic heterocycles. The first-order valence-corrected chi connectivity index (χ1v) is 9.90. The molecule has 1 aromatic heterocycles. The van der Waals surface area contributed by atoms with Crippen molar-refractivity contribution in [2.24, 2.45) is 5.92 Å². The number of benzene rings is 2. The molecule has 4 nitrogen and oxygen atoms in total. The van der Waals surface area contributed by atoms with E-state index in [1.807, 2.05) is 31.3 Å². The number of rotatable bonds is 6. The number of nitrogens with one attached hydrogen (secondary N) is 1. The third-order valence-corrected chi connectivity index (χ3v) is 5.89. The highest BCUT2D eigenvalue weighted by Crippen LogP contribution is 2.40. The summed E-state index contributed by atoms with van der Waals surface area (Å²) in [6.07, 6.45) is 0.795. The van der Waals surface area contributed by atoms with Gasteiger partial charge in [0, 0.05) is 36.1 Å². The molecule has 0 saturated carbocycles. The van der Waals surface area contributed by atoms with Gasteiger partial charge in [-0.3, -0.25) is 9.88 Å². The predicted octanol–water partition coefficient (Wildman–Crippen LogP) is 3.66. The number of hydrogen-bond donors (Lipinski definition) is 2. The topological polar surface area (TPSA) is 48.4 Å². The van der Waals surface area contributed by atoms with E-state index in [2.05, 4.69) is 15.2 Å². The molecule has 1 saturated heterocycles. The molecule has 0 unspecified atom stereocenters. The smallest absolute Gasteiger partial charge is 0.127 e. The quantitative estimate of drug-likeness (QED) is 0.667. The second-order valence-electron chi connectivity index (χ2n) is 7.73. The zero-order valence-electron chi connectivity index (χ0n) is 16.4. The van der Waals surface area contributed by atoms with Gasteiger partial charge < -0.3 is 10.4 Å². The van der Waals surface area contributed by atoms with Crippen molar-refractivity contribution < 1.29 is 13.9 Å². The predicted molar refractivity (Wildman–Crippen MR) is 109 cm³/mol. The maximum absolute atomic E-state index is 14.4. The average molecular weight is 397 g/mol. The molecule has 0 spiro atoms. The summed E-state index contributed by atoms with van der Waals surface area (Å²) in [5, 5.41) is 13.9. The number of hydrogen-bond acceptors (Lipinski definition) is 4. The van der Waals surface area contributed by atoms with Gasteiger partial charge >= 0.3 is 0 Å². The molecule has 1 aliphatic rings. The second kappa shape index (κ2) is 8.53. The number of nitrogens with zero attached hydrogens (tertiary/aromatic N) is 2. The fourth-order valence-electron chi connectivity index (χ4n) is 4.41. The van der Waals surface area contributed by atoms with Crippen LogP contribution in [0.1, 0.15) is 23.7 Å². The molecule has 0 amide bonds. The van der Waals surface area contributed by atoms with E-state index in [1.165, 1.54) is 18.2 Å². The summed E-state index contributed by atoms with van der Waals surface area (Å²) in [4.78, 5) is 6.66. The Balaban J connectivity index is 1.46. The maximum atomic E-state index is 14.4. The van der Waals surface area contributed by atoms with Crippen LogP contribution in [-0.4, -0.2) is 41.2 Å². The van der Waals surface area contributed by atoms with Gasteiger partial charge in [-0.2, -0.15) is 0 Å². The minimum Gasteiger partial charge on any atom is -0.395 e. The monoisotopic (exact) mass is 397 g/mol. The van der Waals surface area contributed by atoms with Crippen LogP contribution in [0.5, 0.6) is 0 Å². The lowest BCUT2D eigenvalue weighted by molar-refractivity contribution is 0.151. The molecule has 3 atom stereocenters. The second-order valence-corrected chi connectivity index (χ2v) is 7.73. The summed E-state index contributed by atoms with van der Waals surface area (Å²) < 4.78 is 27.8. The fraction of sp³-hybridized carbons (Fsp3) is 0.348. The standard InChI is InChI=1S/C23H25F2N3O/c1-28-19(14-29)11-16(23(28)20-4-2-3-5-21(20)25)12-26-13-18-8-6-15-10-17(24)7-9-22(15)27-18/h2-10,16,19,23,26,29H,11-14H2,1H3/t16-,19+,23-/m0/s1. The lowest BCUT2D eigenvalue weighted by Gasteiger charge is -2.28. The third-order valence-electron chi connectivity index (χ3n) is 5.89. The summed E-state index contributed by atoms with van der Waals surface area (Å²) in [5.74, 6) is -0.312. The van der Waals surface area contributed by atoms with Crippen molar-refractivity contribution in [3.8, 4) is 0 Å². The van der Waals surface area contributed by atoms with Gasteiger partial charge in [0.05, 0.1) is 17.8 Å². The molecule has 2 aromatic carbocycles. The Hall–Kier alpha value is -2.41. The first-order valence-electron chi connectivity index (χ1n) is 9.90. The molecular formula is C23H25F2N3O. The normalized spacial score (nSPS) is 22.4. The van der Waals surface area contributed by atoms with Gasteiger partial charge in [-0.1, -0.05) is 24.3 Å². The first kappa shape index (κ1) is 19.9. The molecule has 4 rings (SSSR count). The van der Waals surface area contributed by atoms with E-state index in [1.54, 1.807) is 12.1 Å². The Morgan fingerprint density at radius 2 is 1.97 bits per heavy atom. The van der Waals surface area contributed by atoms with Crippen molar-refractivity contribution in [1.29, 1.82) is 0 Å². The highest BCUT2D eigenvalue weighted by Gasteiger charge is 2.40. The Bertz CT molecular complexity index is 997. The first-order chi connectivity index (χ1) is 14.1. The number of halogens is 2. The Morgan fingerprint density at radius 3 is 2.76 bits per heavy atom. The molecule has 0 bridgehead atoms. The Kier molecular flexibility index (Phi) is 5.85. The molecular weight excluding hydrogens is 372 g/mol. The van der Waals surface area contributed by atoms with E-state index >= 15 is 0 Å². The maximum Gasteiger partial charge on any atom is 0.127 e. The molecule has 1 fully saturated rings. The summed E-state index contributed by atoms with van der Waals surface area (Å²) in [5.41, 5.74) is 2.30. The molecule has 3 aromatic rings. The number of fused-ring (bicyclic) bond motifs is 1. The Morgan fingerprint density at radius 1 is 1.14 bits per heavy atom. The lowest BCUT2D eigenvalue weighted by atomic mass is 9.92. The molecule has 0 aliphatic carbocycles. The van der Waals surface area contributed by atoms with Gasteiger partial charge in [0.25, 0.3) is 0 Å². The molecule has 6 heteroatoms. The van der Waals surface area contributed by atoms with Crippen molar-refractivity contribution in [2.45, 2.75) is 25.0 Å². The van der Waals surface area contributed by atoms with E-state index in [0.29, 0.717) is 18.7 Å². The highest BCUT2D eigenvalue weighted by atomic mass is 19.1. The SMILES string of the molecule is CN1[C@@H](CO)C[C@@H](CNCc2ccc3cc(F)ccc3n2)[C@H]1c1ccccc1F. The molecule has 2 N–H and O–H groups in total. The number of likely N-dealkylation sites (tertiary alicyclic amines) is 1. The van der Waals surface area contributed by atoms with Crippen LogP contribution in [0.25, 0.3) is 10.9 Å². The van der Waals surface area contributed by atoms with E-state index < -0.39 is 0 Å². The minimum atomic E-state index is -0.270. The van der Waals surface area contributed by atoms with E-state index in [0.717, 1.165) is 23.0 Å². The minimum absolute atomic E-state index is 0.0140. The number of aliphatic hydroxyl groups is 1. The van der Waals surface area contributed by atoms with Crippen LogP contribution in [0.2, 0.25) is 0 Å². The Labute approximate surface area is 169 Å². The molecule has 0 radical (unpaired) electrons. The van der Waals surface area contributed by atoms with Crippen LogP contribution >= 0.6 is 0 Å². The van der Waals surface area contributed by atoms with Crippen LogP contribution in [0.4, 0.5) is 8.78 Å². The van der Waals surface area contributed by atoms with Crippen molar-refractivity contribution in [1.82, 2.24) is 15.2 Å². The van der Waals surface area contributed by atoms with Crippen molar-refractivity contribution in [3.05, 3.63) is 77.5 Å². The number of aliphatic hydroxyl groups excluding tert-OH is 1. The van der Waals surface area contributed by atoms with E-state index in [9.17, 15) is 13.9 Å². The molecule has 29 heavy (non-hydrogen) atoms. The lowest BCUT2D eigenvalue weighted by Crippen LogP contribution is -2.32. The summed E-state index contributed by atoms with van der Waals surface area (Å²) in [7, 11) is 1.95. The van der Waals surface area contributed by atoms with Gasteiger partial charge in [-0.25, -0.2) is 8.78 Å². The van der Waals surface area contributed by atoms with Gasteiger partial charge in [-0.15, -0.1) is 0 Å². The van der Waals surface area contributed by atoms with Crippen molar-refractivity contribution in [2.75, 3.05) is 20.2 Å². The zero-order valence-corrected chi connectivity index (χ0v) is 16.4. The van der Waals surface area contributed by atoms with Gasteiger partial charge in [0.1, 0.15) is 11.6 Å². The molecule has 152 valence electrons. The number of likely N-dealkylation sites (N-methyl/N-ethyl adjacent to an activating group) is 1. The van der Waals surface area contributed by atoms with E-state index in [-0.39, 0.29) is 36.2 Å². The number of pyridine rings is 1. The van der Waals surface area contributed by atoms with Crippen LogP contribution in [-0.2, 0) is 6.54 Å². The van der Waals surface area contributed by atoms with Gasteiger partial charge in [0.2, 0.25) is 0 Å². The fourth-order valence-corrected chi connectivity index (χ4v) is 4.41. The van der Waals surface area contributed by atoms with Crippen LogP contribution in [0, 0.1) is 17.6 Å². The highest BCUT2D eigenvalue weighted by molar-refractivity contribution is 5.78. The van der Waals surface area contributed by atoms with Crippen LogP contribution in [0.15, 0.2) is 54.6 Å². The summed E-state index contributed by atoms with van der Waals surface area (Å²) >= 11 is 0. The summed E-state index contributed by atoms with van der Waals surface area (Å²) in [6.45, 7) is 1.31. The van der Waals surface area contributed by atoms with Crippen molar-refractivity contribution in [3.63, 3.8) is 0 Å². The third kappa shape index (κ3) is 4.15. The van der Waals surface area contributed by atoms with Crippen LogP contribution in [0.3, 0.4) is 0 Å². The largest absolute Gasteiger partial charge is 0.395 e. The molecule has 2 heterocycles. The van der Waals surface area contributed by atoms with Gasteiger partial charge in [-0.05, 0) is 49.7 Å². The van der Waals surface area contributed by atoms with E-state index in [4.69, 9.17) is 0 Å². The summed E-state index contributed by atoms with van der Waals surface area (Å²) in [6, 6.07) is 15.1. The zero-order chi connectivity index (χ0) is 20.4. The van der Waals surface area contributed by atoms with Gasteiger partial charge in [0.15, 0.2) is 0 Å². The number of aromatic nitrogens is 1. The van der Waals surface area contributed by atoms with Crippen molar-refractivity contribution >= 4 is 10.9 Å². The van der Waals surface area contributed by atoms with Crippen LogP contribution < -0.4 is 5.32 Å².